The minimum Gasteiger partial charge on any atom is -0.481 e. The zero-order valence-electron chi connectivity index (χ0n) is 12.1. The molecule has 6 nitrogen and oxygen atoms in total. The van der Waals surface area contributed by atoms with Crippen molar-refractivity contribution in [2.24, 2.45) is 0 Å². The number of amides is 2. The Kier molecular flexibility index (Phi) is 9.37. The van der Waals surface area contributed by atoms with Gasteiger partial charge in [-0.3, -0.25) is 11.2 Å². The summed E-state index contributed by atoms with van der Waals surface area (Å²) < 4.78 is 0. The molecule has 1 radical (unpaired) electrons. The third-order valence-corrected chi connectivity index (χ3v) is 2.44. The molecule has 1 rings (SSSR count). The van der Waals surface area contributed by atoms with Crippen molar-refractivity contribution in [2.45, 2.75) is 13.3 Å². The molecule has 3 N–H and O–H groups in total. The van der Waals surface area contributed by atoms with E-state index < -0.39 is 11.9 Å². The van der Waals surface area contributed by atoms with Crippen molar-refractivity contribution in [2.75, 3.05) is 5.32 Å². The summed E-state index contributed by atoms with van der Waals surface area (Å²) in [6.07, 6.45) is 2.63. The third kappa shape index (κ3) is 7.38. The Morgan fingerprint density at radius 2 is 1.86 bits per heavy atom. The second kappa shape index (κ2) is 10.1. The Labute approximate surface area is 154 Å². The molecule has 0 aliphatic heterocycles. The number of aliphatic carboxylic acids is 1. The summed E-state index contributed by atoms with van der Waals surface area (Å²) in [7, 11) is 0. The van der Waals surface area contributed by atoms with E-state index in [-0.39, 0.29) is 51.1 Å². The van der Waals surface area contributed by atoms with Gasteiger partial charge < -0.3 is 27.5 Å². The average Bonchev–Trinajstić information content (AvgIpc) is 2.43. The molecule has 0 aromatic heterocycles. The van der Waals surface area contributed by atoms with Crippen molar-refractivity contribution in [3.8, 4) is 0 Å². The van der Waals surface area contributed by atoms with Crippen LogP contribution in [0.15, 0.2) is 30.3 Å². The van der Waals surface area contributed by atoms with Gasteiger partial charge in [0.15, 0.2) is 5.91 Å². The summed E-state index contributed by atoms with van der Waals surface area (Å²) in [5.74, 6) is -1.80. The van der Waals surface area contributed by atoms with Gasteiger partial charge in [-0.25, -0.2) is 10.8 Å². The minimum absolute atomic E-state index is 0. The summed E-state index contributed by atoms with van der Waals surface area (Å²) in [6.45, 7) is 4.89. The van der Waals surface area contributed by atoms with Gasteiger partial charge in [-0.05, 0) is 23.8 Å². The summed E-state index contributed by atoms with van der Waals surface area (Å²) in [4.78, 5) is 33.2. The monoisotopic (exact) mass is 377 g/mol. The molecule has 0 fully saturated rings. The molecule has 0 unspecified atom stereocenters. The van der Waals surface area contributed by atoms with Crippen molar-refractivity contribution < 1.29 is 52.2 Å². The molecule has 0 saturated heterocycles. The molecule has 22 heavy (non-hydrogen) atoms. The van der Waals surface area contributed by atoms with E-state index in [0.717, 1.165) is 6.08 Å². The van der Waals surface area contributed by atoms with E-state index in [1.165, 1.54) is 13.0 Å². The first kappa shape index (κ1) is 20.3. The van der Waals surface area contributed by atoms with Gasteiger partial charge in [0.05, 0.1) is 0 Å². The zero-order chi connectivity index (χ0) is 15.8. The Balaban J connectivity index is 0.00000441. The zero-order valence-corrected chi connectivity index (χ0v) is 15.0. The molecule has 2 amide bonds. The second-order valence-electron chi connectivity index (χ2n) is 4.16. The van der Waals surface area contributed by atoms with Crippen LogP contribution in [-0.4, -0.2) is 22.9 Å². The molecule has 0 saturated carbocycles. The Morgan fingerprint density at radius 3 is 2.32 bits per heavy atom. The van der Waals surface area contributed by atoms with Crippen molar-refractivity contribution in [3.63, 3.8) is 0 Å². The topological polar surface area (TPSA) is 95.5 Å². The predicted octanol–water partition coefficient (Wildman–Crippen LogP) is 1.61. The quantitative estimate of drug-likeness (QED) is 0.519. The summed E-state index contributed by atoms with van der Waals surface area (Å²) in [5, 5.41) is 13.6. The molecule has 0 bridgehead atoms. The minimum atomic E-state index is -1.03. The Hall–Kier alpha value is -1.66. The smallest absolute Gasteiger partial charge is 0.328 e. The van der Waals surface area contributed by atoms with Crippen LogP contribution in [0.5, 0.6) is 0 Å². The van der Waals surface area contributed by atoms with Gasteiger partial charge >= 0.3 is 5.97 Å². The number of nitrogens with one attached hydrogen (secondary N) is 2. The summed E-state index contributed by atoms with van der Waals surface area (Å²) in [5.41, 5.74) is 1.22. The largest absolute Gasteiger partial charge is 0.481 e. The van der Waals surface area contributed by atoms with Crippen LogP contribution >= 0.6 is 0 Å². The number of carboxylic acid groups (broad SMARTS) is 1. The Bertz CT molecular complexity index is 555. The number of anilines is 1. The van der Waals surface area contributed by atoms with Crippen LogP contribution in [0.25, 0.3) is 6.08 Å². The van der Waals surface area contributed by atoms with Gasteiger partial charge in [0.25, 0.3) is 0 Å². The van der Waals surface area contributed by atoms with E-state index in [2.05, 4.69) is 17.6 Å². The van der Waals surface area contributed by atoms with E-state index in [0.29, 0.717) is 11.3 Å². The number of carboxylic acids is 1. The van der Waals surface area contributed by atoms with Gasteiger partial charge in [0, 0.05) is 51.4 Å². The fraction of sp³-hybridized carbons (Fsp3) is 0.133. The fourth-order valence-corrected chi connectivity index (χ4v) is 1.50. The first-order valence-corrected chi connectivity index (χ1v) is 6.17. The molecule has 0 heterocycles. The van der Waals surface area contributed by atoms with Crippen molar-refractivity contribution >= 4 is 29.5 Å². The van der Waals surface area contributed by atoms with E-state index in [1.807, 2.05) is 0 Å². The number of carbonyl (C=O) groups is 3. The molecular weight excluding hydrogens is 361 g/mol. The van der Waals surface area contributed by atoms with Crippen LogP contribution in [0.4, 0.5) is 5.69 Å². The summed E-state index contributed by atoms with van der Waals surface area (Å²) >= 11 is 0. The van der Waals surface area contributed by atoms with E-state index in [9.17, 15) is 14.4 Å². The standard InChI is InChI=1S/C15H16N2O4.Y/c1-3-13(16-10(2)18)15(21)17-12-7-4-11(5-8-12)6-9-14(19)20;/h4-9H,1,3H2,2H3,(H,16,18)(H,17,21)(H,19,20);/q-2;/b9-6+;. The van der Waals surface area contributed by atoms with Crippen molar-refractivity contribution in [1.29, 1.82) is 0 Å². The number of hydrogen-bond donors (Lipinski definition) is 3. The number of hydrogen-bond acceptors (Lipinski definition) is 3. The predicted molar refractivity (Wildman–Crippen MR) is 78.8 cm³/mol. The molecule has 0 aliphatic carbocycles. The van der Waals surface area contributed by atoms with Crippen LogP contribution in [0.2, 0.25) is 0 Å². The maximum absolute atomic E-state index is 11.9. The van der Waals surface area contributed by atoms with Crippen LogP contribution in [0, 0.1) is 13.0 Å². The summed E-state index contributed by atoms with van der Waals surface area (Å²) in [6, 6.07) is 6.77. The van der Waals surface area contributed by atoms with Crippen molar-refractivity contribution in [1.82, 2.24) is 5.32 Å². The fourth-order valence-electron chi connectivity index (χ4n) is 1.50. The van der Waals surface area contributed by atoms with Gasteiger partial charge in [0.2, 0.25) is 0 Å². The normalized spacial score (nSPS) is 9.73. The second-order valence-corrected chi connectivity index (χ2v) is 4.16. The molecule has 0 spiro atoms. The number of rotatable bonds is 6. The van der Waals surface area contributed by atoms with Gasteiger partial charge in [-0.15, -0.1) is 0 Å². The average molecular weight is 377 g/mol. The van der Waals surface area contributed by atoms with Crippen molar-refractivity contribution in [3.05, 3.63) is 48.9 Å². The van der Waals surface area contributed by atoms with Crippen LogP contribution < -0.4 is 10.6 Å². The van der Waals surface area contributed by atoms with E-state index in [1.54, 1.807) is 24.3 Å². The molecule has 1 aromatic carbocycles. The molecule has 0 aliphatic rings. The molecule has 7 heteroatoms. The molecule has 115 valence electrons. The van der Waals surface area contributed by atoms with Gasteiger partial charge in [-0.2, -0.15) is 0 Å². The Morgan fingerprint density at radius 1 is 1.27 bits per heavy atom. The maximum Gasteiger partial charge on any atom is 0.328 e. The van der Waals surface area contributed by atoms with Gasteiger partial charge in [-0.1, -0.05) is 12.1 Å². The maximum atomic E-state index is 11.9. The first-order chi connectivity index (χ1) is 9.92. The SMILES string of the molecule is [CH2-]C[C-](NC(C)=O)C(=O)Nc1ccc(/C=C/C(=O)O)cc1.[Y]. The van der Waals surface area contributed by atoms with Crippen LogP contribution in [0.3, 0.4) is 0 Å². The molecule has 0 atom stereocenters. The number of carbonyl (C=O) groups excluding carboxylic acids is 2. The molecular formula is C15H16N2O4Y-2. The third-order valence-electron chi connectivity index (χ3n) is 2.44. The van der Waals surface area contributed by atoms with Gasteiger partial charge in [0.1, 0.15) is 5.91 Å². The van der Waals surface area contributed by atoms with Crippen LogP contribution in [0.1, 0.15) is 18.9 Å². The number of benzene rings is 1. The van der Waals surface area contributed by atoms with E-state index >= 15 is 0 Å². The van der Waals surface area contributed by atoms with E-state index in [4.69, 9.17) is 5.11 Å². The molecule has 1 aromatic rings. The first-order valence-electron chi connectivity index (χ1n) is 6.17. The van der Waals surface area contributed by atoms with Crippen LogP contribution in [-0.2, 0) is 47.1 Å².